The Bertz CT molecular complexity index is 839. The van der Waals surface area contributed by atoms with Gasteiger partial charge in [0, 0.05) is 11.1 Å². The Morgan fingerprint density at radius 3 is 2.19 bits per heavy atom. The molecule has 1 aromatic rings. The Labute approximate surface area is 158 Å². The van der Waals surface area contributed by atoms with E-state index in [0.29, 0.717) is 23.3 Å². The second-order valence-electron chi connectivity index (χ2n) is 9.06. The maximum atomic E-state index is 14.7. The van der Waals surface area contributed by atoms with E-state index in [-0.39, 0.29) is 16.9 Å². The summed E-state index contributed by atoms with van der Waals surface area (Å²) in [5, 5.41) is 10.6. The van der Waals surface area contributed by atoms with Crippen molar-refractivity contribution in [1.82, 2.24) is 4.90 Å². The normalized spacial score (nSPS) is 37.4. The van der Waals surface area contributed by atoms with Crippen molar-refractivity contribution in [1.29, 1.82) is 0 Å². The smallest absolute Gasteiger partial charge is 0.290 e. The molecule has 1 amide bonds. The molecule has 4 aliphatic carbocycles. The first-order valence-electron chi connectivity index (χ1n) is 9.92. The van der Waals surface area contributed by atoms with Gasteiger partial charge in [0.1, 0.15) is 5.82 Å². The maximum Gasteiger partial charge on any atom is 0.290 e. The molecule has 4 bridgehead atoms. The number of ketones is 1. The van der Waals surface area contributed by atoms with E-state index in [1.807, 2.05) is 0 Å². The Morgan fingerprint density at radius 2 is 1.67 bits per heavy atom. The molecule has 1 unspecified atom stereocenters. The third kappa shape index (κ3) is 2.33. The van der Waals surface area contributed by atoms with Crippen LogP contribution in [0.4, 0.5) is 4.39 Å². The average Bonchev–Trinajstić information content (AvgIpc) is 2.86. The zero-order chi connectivity index (χ0) is 18.9. The van der Waals surface area contributed by atoms with Crippen LogP contribution in [-0.2, 0) is 9.59 Å². The highest BCUT2D eigenvalue weighted by Crippen LogP contribution is 2.60. The quantitative estimate of drug-likeness (QED) is 0.873. The number of hydrogen-bond acceptors (Lipinski definition) is 3. The Balaban J connectivity index is 1.66. The third-order valence-electron chi connectivity index (χ3n) is 7.30. The molecule has 0 saturated heterocycles. The van der Waals surface area contributed by atoms with Gasteiger partial charge in [0.05, 0.1) is 11.6 Å². The number of halogens is 1. The zero-order valence-corrected chi connectivity index (χ0v) is 15.5. The number of aliphatic hydroxyl groups excluding tert-OH is 1. The van der Waals surface area contributed by atoms with E-state index in [1.54, 1.807) is 23.1 Å². The van der Waals surface area contributed by atoms with Gasteiger partial charge < -0.3 is 10.0 Å². The fraction of sp³-hybridized carbons (Fsp3) is 0.545. The van der Waals surface area contributed by atoms with E-state index in [9.17, 15) is 19.1 Å². The summed E-state index contributed by atoms with van der Waals surface area (Å²) >= 11 is 0. The highest BCUT2D eigenvalue weighted by molar-refractivity contribution is 6.08. The molecule has 6 rings (SSSR count). The van der Waals surface area contributed by atoms with Gasteiger partial charge in [-0.3, -0.25) is 9.59 Å². The first-order chi connectivity index (χ1) is 12.9. The van der Waals surface area contributed by atoms with Crippen molar-refractivity contribution in [3.8, 4) is 0 Å². The van der Waals surface area contributed by atoms with Crippen LogP contribution in [0.1, 0.15) is 57.1 Å². The molecular formula is C22H24FNO3. The van der Waals surface area contributed by atoms with Crippen LogP contribution in [0, 0.1) is 23.6 Å². The summed E-state index contributed by atoms with van der Waals surface area (Å²) in [7, 11) is 0. The summed E-state index contributed by atoms with van der Waals surface area (Å²) in [4.78, 5) is 27.2. The highest BCUT2D eigenvalue weighted by atomic mass is 19.1. The van der Waals surface area contributed by atoms with Crippen molar-refractivity contribution in [2.24, 2.45) is 17.8 Å². The molecule has 0 aromatic heterocycles. The lowest BCUT2D eigenvalue weighted by Gasteiger charge is -2.60. The van der Waals surface area contributed by atoms with Crippen LogP contribution in [0.15, 0.2) is 35.6 Å². The molecule has 1 aromatic carbocycles. The largest absolute Gasteiger partial charge is 0.503 e. The molecule has 1 N–H and O–H groups in total. The van der Waals surface area contributed by atoms with Crippen LogP contribution in [0.5, 0.6) is 0 Å². The van der Waals surface area contributed by atoms with Gasteiger partial charge in [0.25, 0.3) is 5.91 Å². The van der Waals surface area contributed by atoms with Gasteiger partial charge in [-0.25, -0.2) is 4.39 Å². The van der Waals surface area contributed by atoms with E-state index in [0.717, 1.165) is 19.3 Å². The number of amides is 1. The van der Waals surface area contributed by atoms with Gasteiger partial charge in [-0.15, -0.1) is 0 Å². The molecule has 27 heavy (non-hydrogen) atoms. The van der Waals surface area contributed by atoms with Crippen molar-refractivity contribution >= 4 is 11.7 Å². The molecule has 1 heterocycles. The number of carbonyl (C=O) groups excluding carboxylic acids is 2. The van der Waals surface area contributed by atoms with E-state index in [4.69, 9.17) is 0 Å². The molecule has 4 fully saturated rings. The predicted octanol–water partition coefficient (Wildman–Crippen LogP) is 4.08. The number of nitrogens with zero attached hydrogens (tertiary/aromatic N) is 1. The van der Waals surface area contributed by atoms with Gasteiger partial charge in [-0.05, 0) is 69.3 Å². The second kappa shape index (κ2) is 5.66. The minimum atomic E-state index is -0.826. The number of aliphatic hydroxyl groups is 1. The van der Waals surface area contributed by atoms with Crippen molar-refractivity contribution < 1.29 is 19.1 Å². The molecule has 0 spiro atoms. The fourth-order valence-electron chi connectivity index (χ4n) is 6.81. The van der Waals surface area contributed by atoms with Crippen LogP contribution in [0.2, 0.25) is 0 Å². The van der Waals surface area contributed by atoms with Gasteiger partial charge in [-0.1, -0.05) is 18.2 Å². The summed E-state index contributed by atoms with van der Waals surface area (Å²) in [5.41, 5.74) is -0.0269. The van der Waals surface area contributed by atoms with Crippen molar-refractivity contribution in [3.63, 3.8) is 0 Å². The van der Waals surface area contributed by atoms with Crippen LogP contribution in [0.25, 0.3) is 0 Å². The predicted molar refractivity (Wildman–Crippen MR) is 97.2 cm³/mol. The molecule has 1 atom stereocenters. The van der Waals surface area contributed by atoms with E-state index in [1.165, 1.54) is 32.3 Å². The number of Topliss-reactive ketones (excluding diaryl/α,β-unsaturated/α-hetero) is 1. The Kier molecular flexibility index (Phi) is 3.56. The molecule has 142 valence electrons. The Morgan fingerprint density at radius 1 is 1.11 bits per heavy atom. The first kappa shape index (κ1) is 17.0. The molecule has 5 aliphatic rings. The first-order valence-corrected chi connectivity index (χ1v) is 9.92. The summed E-state index contributed by atoms with van der Waals surface area (Å²) in [5.74, 6) is -0.0433. The number of hydrogen-bond donors (Lipinski definition) is 1. The zero-order valence-electron chi connectivity index (χ0n) is 15.5. The monoisotopic (exact) mass is 369 g/mol. The second-order valence-corrected chi connectivity index (χ2v) is 9.06. The molecule has 0 radical (unpaired) electrons. The van der Waals surface area contributed by atoms with Crippen LogP contribution < -0.4 is 0 Å². The van der Waals surface area contributed by atoms with Crippen LogP contribution >= 0.6 is 0 Å². The topological polar surface area (TPSA) is 57.6 Å². The summed E-state index contributed by atoms with van der Waals surface area (Å²) in [6.45, 7) is 1.34. The number of benzene rings is 1. The summed E-state index contributed by atoms with van der Waals surface area (Å²) in [6.07, 6.45) is 6.33. The Hall–Kier alpha value is -2.17. The number of rotatable bonds is 3. The van der Waals surface area contributed by atoms with Gasteiger partial charge in [0.2, 0.25) is 0 Å². The van der Waals surface area contributed by atoms with Gasteiger partial charge in [-0.2, -0.15) is 0 Å². The minimum absolute atomic E-state index is 0.0424. The average molecular weight is 369 g/mol. The van der Waals surface area contributed by atoms with Gasteiger partial charge in [0.15, 0.2) is 11.5 Å². The summed E-state index contributed by atoms with van der Waals surface area (Å²) in [6, 6.07) is 5.47. The molecule has 1 aliphatic heterocycles. The molecule has 4 saturated carbocycles. The summed E-state index contributed by atoms with van der Waals surface area (Å²) < 4.78 is 14.7. The van der Waals surface area contributed by atoms with E-state index in [2.05, 4.69) is 0 Å². The number of carbonyl (C=O) groups is 2. The van der Waals surface area contributed by atoms with E-state index < -0.39 is 23.5 Å². The van der Waals surface area contributed by atoms with E-state index >= 15 is 0 Å². The van der Waals surface area contributed by atoms with Crippen LogP contribution in [-0.4, -0.2) is 27.2 Å². The van der Waals surface area contributed by atoms with Crippen molar-refractivity contribution in [2.75, 3.05) is 0 Å². The van der Waals surface area contributed by atoms with Crippen LogP contribution in [0.3, 0.4) is 0 Å². The molecular weight excluding hydrogens is 345 g/mol. The fourth-order valence-corrected chi connectivity index (χ4v) is 6.81. The molecule has 4 nitrogen and oxygen atoms in total. The van der Waals surface area contributed by atoms with Crippen molar-refractivity contribution in [2.45, 2.75) is 57.0 Å². The lowest BCUT2D eigenvalue weighted by Crippen LogP contribution is -2.61. The minimum Gasteiger partial charge on any atom is -0.503 e. The lowest BCUT2D eigenvalue weighted by atomic mass is 9.52. The SMILES string of the molecule is CC(=O)C1=C(O)C(=O)N(C23CC4CC(CC(C4)C2)C3)C1c1ccccc1F. The van der Waals surface area contributed by atoms with Crippen molar-refractivity contribution in [3.05, 3.63) is 47.0 Å². The van der Waals surface area contributed by atoms with Gasteiger partial charge >= 0.3 is 0 Å². The lowest BCUT2D eigenvalue weighted by molar-refractivity contribution is -0.150. The standard InChI is InChI=1S/C22H24FNO3/c1-12(25)18-19(16-4-2-3-5-17(16)23)24(21(27)20(18)26)22-9-13-6-14(10-22)8-15(7-13)11-22/h2-5,13-15,19,26H,6-11H2,1H3. The maximum absolute atomic E-state index is 14.7. The molecule has 5 heteroatoms. The highest BCUT2D eigenvalue weighted by Gasteiger charge is 2.59. The third-order valence-corrected chi connectivity index (χ3v) is 7.30.